The van der Waals surface area contributed by atoms with Gasteiger partial charge in [0.15, 0.2) is 0 Å². The van der Waals surface area contributed by atoms with E-state index in [4.69, 9.17) is 5.26 Å². The van der Waals surface area contributed by atoms with Crippen molar-refractivity contribution < 1.29 is 4.79 Å². The number of nitriles is 1. The Morgan fingerprint density at radius 2 is 2.06 bits per heavy atom. The number of nitrogens with one attached hydrogen (secondary N) is 1. The van der Waals surface area contributed by atoms with Crippen LogP contribution in [-0.2, 0) is 4.79 Å². The molecule has 0 aliphatic heterocycles. The van der Waals surface area contributed by atoms with Gasteiger partial charge in [0.25, 0.3) is 5.91 Å². The average Bonchev–Trinajstić information content (AvgIpc) is 2.29. The standard InChI is InChI=1S/C15H18N2O/c1-10(2)17-15(18)14(9-16)8-13-7-11(3)5-6-12(13)4/h5-8,10H,1-4H3,(H,17,18). The zero-order chi connectivity index (χ0) is 13.7. The Kier molecular flexibility index (Phi) is 4.67. The minimum absolute atomic E-state index is 0.0212. The van der Waals surface area contributed by atoms with E-state index in [1.54, 1.807) is 6.08 Å². The molecule has 0 saturated carbocycles. The number of benzene rings is 1. The predicted molar refractivity (Wildman–Crippen MR) is 72.8 cm³/mol. The highest BCUT2D eigenvalue weighted by Crippen LogP contribution is 2.14. The predicted octanol–water partition coefficient (Wildman–Crippen LogP) is 2.74. The molecule has 0 heterocycles. The highest BCUT2D eigenvalue weighted by Gasteiger charge is 2.10. The van der Waals surface area contributed by atoms with Crippen molar-refractivity contribution in [3.8, 4) is 6.07 Å². The molecule has 1 amide bonds. The van der Waals surface area contributed by atoms with Gasteiger partial charge in [-0.3, -0.25) is 4.79 Å². The molecule has 0 fully saturated rings. The molecule has 3 nitrogen and oxygen atoms in total. The maximum Gasteiger partial charge on any atom is 0.262 e. The monoisotopic (exact) mass is 242 g/mol. The van der Waals surface area contributed by atoms with E-state index in [0.29, 0.717) is 0 Å². The van der Waals surface area contributed by atoms with Gasteiger partial charge >= 0.3 is 0 Å². The molecule has 0 aliphatic carbocycles. The van der Waals surface area contributed by atoms with Gasteiger partial charge in [-0.05, 0) is 44.9 Å². The van der Waals surface area contributed by atoms with E-state index in [1.165, 1.54) is 0 Å². The van der Waals surface area contributed by atoms with Crippen molar-refractivity contribution in [2.24, 2.45) is 0 Å². The van der Waals surface area contributed by atoms with Crippen LogP contribution in [0.2, 0.25) is 0 Å². The third kappa shape index (κ3) is 3.74. The normalized spacial score (nSPS) is 11.2. The zero-order valence-electron chi connectivity index (χ0n) is 11.2. The largest absolute Gasteiger partial charge is 0.349 e. The quantitative estimate of drug-likeness (QED) is 0.654. The number of rotatable bonds is 3. The minimum atomic E-state index is -0.326. The second-order valence-electron chi connectivity index (χ2n) is 4.66. The average molecular weight is 242 g/mol. The summed E-state index contributed by atoms with van der Waals surface area (Å²) in [5.74, 6) is -0.326. The number of nitrogens with zero attached hydrogens (tertiary/aromatic N) is 1. The van der Waals surface area contributed by atoms with E-state index in [2.05, 4.69) is 5.32 Å². The second kappa shape index (κ2) is 6.02. The summed E-state index contributed by atoms with van der Waals surface area (Å²) >= 11 is 0. The lowest BCUT2D eigenvalue weighted by Crippen LogP contribution is -2.30. The van der Waals surface area contributed by atoms with Crippen LogP contribution in [0.25, 0.3) is 6.08 Å². The SMILES string of the molecule is Cc1ccc(C)c(C=C(C#N)C(=O)NC(C)C)c1. The summed E-state index contributed by atoms with van der Waals surface area (Å²) in [7, 11) is 0. The molecular weight excluding hydrogens is 224 g/mol. The van der Waals surface area contributed by atoms with Crippen molar-refractivity contribution in [1.29, 1.82) is 5.26 Å². The van der Waals surface area contributed by atoms with Gasteiger partial charge in [0.2, 0.25) is 0 Å². The summed E-state index contributed by atoms with van der Waals surface area (Å²) in [5, 5.41) is 11.8. The van der Waals surface area contributed by atoms with Crippen molar-refractivity contribution >= 4 is 12.0 Å². The van der Waals surface area contributed by atoms with Crippen LogP contribution in [0.5, 0.6) is 0 Å². The lowest BCUT2D eigenvalue weighted by atomic mass is 10.0. The Balaban J connectivity index is 3.08. The number of aryl methyl sites for hydroxylation is 2. The fourth-order valence-corrected chi connectivity index (χ4v) is 1.56. The fraction of sp³-hybridized carbons (Fsp3) is 0.333. The molecule has 0 saturated heterocycles. The molecule has 0 spiro atoms. The van der Waals surface area contributed by atoms with Gasteiger partial charge in [0.05, 0.1) is 0 Å². The number of amides is 1. The maximum atomic E-state index is 11.8. The molecule has 3 heteroatoms. The summed E-state index contributed by atoms with van der Waals surface area (Å²) in [5.41, 5.74) is 3.20. The van der Waals surface area contributed by atoms with Crippen LogP contribution in [0.1, 0.15) is 30.5 Å². The van der Waals surface area contributed by atoms with Crippen LogP contribution in [0.4, 0.5) is 0 Å². The van der Waals surface area contributed by atoms with E-state index >= 15 is 0 Å². The summed E-state index contributed by atoms with van der Waals surface area (Å²) in [4.78, 5) is 11.8. The highest BCUT2D eigenvalue weighted by atomic mass is 16.1. The first-order chi connectivity index (χ1) is 8.43. The number of hydrogen-bond acceptors (Lipinski definition) is 2. The molecule has 0 aliphatic rings. The molecule has 1 aromatic carbocycles. The first-order valence-electron chi connectivity index (χ1n) is 5.94. The van der Waals surface area contributed by atoms with Crippen LogP contribution >= 0.6 is 0 Å². The molecule has 18 heavy (non-hydrogen) atoms. The van der Waals surface area contributed by atoms with Crippen molar-refractivity contribution in [2.75, 3.05) is 0 Å². The topological polar surface area (TPSA) is 52.9 Å². The molecule has 0 unspecified atom stereocenters. The van der Waals surface area contributed by atoms with Crippen molar-refractivity contribution in [3.63, 3.8) is 0 Å². The number of carbonyl (C=O) groups is 1. The van der Waals surface area contributed by atoms with Crippen LogP contribution in [-0.4, -0.2) is 11.9 Å². The van der Waals surface area contributed by atoms with E-state index < -0.39 is 0 Å². The lowest BCUT2D eigenvalue weighted by molar-refractivity contribution is -0.117. The highest BCUT2D eigenvalue weighted by molar-refractivity contribution is 6.01. The molecule has 0 radical (unpaired) electrons. The molecular formula is C15H18N2O. The molecule has 0 bridgehead atoms. The molecule has 94 valence electrons. The number of hydrogen-bond donors (Lipinski definition) is 1. The van der Waals surface area contributed by atoms with E-state index in [-0.39, 0.29) is 17.5 Å². The van der Waals surface area contributed by atoms with Gasteiger partial charge in [0, 0.05) is 6.04 Å². The van der Waals surface area contributed by atoms with Crippen molar-refractivity contribution in [2.45, 2.75) is 33.7 Å². The summed E-state index contributed by atoms with van der Waals surface area (Å²) in [6, 6.07) is 7.93. The van der Waals surface area contributed by atoms with Crippen LogP contribution in [0, 0.1) is 25.2 Å². The molecule has 0 aromatic heterocycles. The van der Waals surface area contributed by atoms with E-state index in [1.807, 2.05) is 52.0 Å². The Bertz CT molecular complexity index is 522. The Hall–Kier alpha value is -2.08. The van der Waals surface area contributed by atoms with E-state index in [9.17, 15) is 4.79 Å². The first kappa shape index (κ1) is 14.0. The Morgan fingerprint density at radius 1 is 1.39 bits per heavy atom. The summed E-state index contributed by atoms with van der Waals surface area (Å²) in [6.07, 6.45) is 1.64. The zero-order valence-corrected chi connectivity index (χ0v) is 11.2. The van der Waals surface area contributed by atoms with Gasteiger partial charge in [0.1, 0.15) is 11.6 Å². The summed E-state index contributed by atoms with van der Waals surface area (Å²) in [6.45, 7) is 7.67. The van der Waals surface area contributed by atoms with Gasteiger partial charge in [-0.1, -0.05) is 23.8 Å². The smallest absolute Gasteiger partial charge is 0.262 e. The van der Waals surface area contributed by atoms with Crippen molar-refractivity contribution in [1.82, 2.24) is 5.32 Å². The van der Waals surface area contributed by atoms with Crippen LogP contribution in [0.15, 0.2) is 23.8 Å². The van der Waals surface area contributed by atoms with Gasteiger partial charge in [-0.25, -0.2) is 0 Å². The van der Waals surface area contributed by atoms with Crippen LogP contribution in [0.3, 0.4) is 0 Å². The van der Waals surface area contributed by atoms with Crippen molar-refractivity contribution in [3.05, 3.63) is 40.5 Å². The number of carbonyl (C=O) groups excluding carboxylic acids is 1. The molecule has 1 rings (SSSR count). The lowest BCUT2D eigenvalue weighted by Gasteiger charge is -2.08. The minimum Gasteiger partial charge on any atom is -0.349 e. The molecule has 1 N–H and O–H groups in total. The van der Waals surface area contributed by atoms with Gasteiger partial charge < -0.3 is 5.32 Å². The molecule has 0 atom stereocenters. The maximum absolute atomic E-state index is 11.8. The van der Waals surface area contributed by atoms with Crippen LogP contribution < -0.4 is 5.32 Å². The Morgan fingerprint density at radius 3 is 2.61 bits per heavy atom. The summed E-state index contributed by atoms with van der Waals surface area (Å²) < 4.78 is 0. The third-order valence-corrected chi connectivity index (χ3v) is 2.52. The fourth-order valence-electron chi connectivity index (χ4n) is 1.56. The molecule has 1 aromatic rings. The first-order valence-corrected chi connectivity index (χ1v) is 5.94. The Labute approximate surface area is 108 Å². The van der Waals surface area contributed by atoms with Gasteiger partial charge in [-0.2, -0.15) is 5.26 Å². The second-order valence-corrected chi connectivity index (χ2v) is 4.66. The van der Waals surface area contributed by atoms with Gasteiger partial charge in [-0.15, -0.1) is 0 Å². The third-order valence-electron chi connectivity index (χ3n) is 2.52. The van der Waals surface area contributed by atoms with E-state index in [0.717, 1.165) is 16.7 Å².